The maximum Gasteiger partial charge on any atom is 0.0476 e. The van der Waals surface area contributed by atoms with E-state index in [1.807, 2.05) is 0 Å². The molecule has 20 heavy (non-hydrogen) atoms. The van der Waals surface area contributed by atoms with E-state index in [0.717, 1.165) is 34.9 Å². The van der Waals surface area contributed by atoms with Crippen LogP contribution in [-0.4, -0.2) is 23.5 Å². The zero-order chi connectivity index (χ0) is 13.7. The third-order valence-corrected chi connectivity index (χ3v) is 6.30. The Labute approximate surface area is 129 Å². The molecule has 1 aromatic carbocycles. The molecule has 4 aliphatic rings. The van der Waals surface area contributed by atoms with Crippen molar-refractivity contribution in [2.45, 2.75) is 50.2 Å². The second kappa shape index (κ2) is 5.11. The van der Waals surface area contributed by atoms with E-state index < -0.39 is 0 Å². The van der Waals surface area contributed by atoms with Crippen LogP contribution < -0.4 is 5.73 Å². The molecule has 1 unspecified atom stereocenters. The van der Waals surface area contributed by atoms with Gasteiger partial charge in [-0.25, -0.2) is 0 Å². The molecule has 5 rings (SSSR count). The van der Waals surface area contributed by atoms with Crippen molar-refractivity contribution in [3.05, 3.63) is 34.3 Å². The van der Waals surface area contributed by atoms with Crippen molar-refractivity contribution >= 4 is 15.9 Å². The molecule has 1 atom stereocenters. The quantitative estimate of drug-likeness (QED) is 0.912. The Morgan fingerprint density at radius 2 is 1.55 bits per heavy atom. The molecule has 2 aliphatic carbocycles. The lowest BCUT2D eigenvalue weighted by Crippen LogP contribution is -2.59. The Morgan fingerprint density at radius 1 is 1.00 bits per heavy atom. The maximum atomic E-state index is 6.17. The summed E-state index contributed by atoms with van der Waals surface area (Å²) >= 11 is 3.53. The fourth-order valence-electron chi connectivity index (χ4n) is 5.19. The molecule has 0 radical (unpaired) electrons. The molecule has 2 saturated heterocycles. The Bertz CT molecular complexity index is 456. The predicted molar refractivity (Wildman–Crippen MR) is 85.4 cm³/mol. The summed E-state index contributed by atoms with van der Waals surface area (Å²) < 4.78 is 1.15. The first-order chi connectivity index (χ1) is 9.74. The number of nitrogens with two attached hydrogens (primary N) is 1. The number of piperidine rings is 2. The van der Waals surface area contributed by atoms with Crippen LogP contribution in [0.15, 0.2) is 28.7 Å². The highest BCUT2D eigenvalue weighted by Crippen LogP contribution is 2.51. The molecule has 1 aromatic rings. The summed E-state index contributed by atoms with van der Waals surface area (Å²) in [6.07, 6.45) is 7.17. The highest BCUT2D eigenvalue weighted by molar-refractivity contribution is 9.10. The van der Waals surface area contributed by atoms with Gasteiger partial charge in [0.05, 0.1) is 0 Å². The molecule has 0 spiro atoms. The van der Waals surface area contributed by atoms with E-state index in [9.17, 15) is 0 Å². The minimum absolute atomic E-state index is 0.415. The summed E-state index contributed by atoms with van der Waals surface area (Å²) in [6.45, 7) is 0.740. The van der Waals surface area contributed by atoms with Crippen molar-refractivity contribution in [3.8, 4) is 0 Å². The average Bonchev–Trinajstić information content (AvgIpc) is 2.43. The smallest absolute Gasteiger partial charge is 0.0476 e. The summed E-state index contributed by atoms with van der Waals surface area (Å²) in [6, 6.07) is 10.8. The molecule has 2 nitrogen and oxygen atoms in total. The third-order valence-electron chi connectivity index (χ3n) is 5.77. The largest absolute Gasteiger partial charge is 0.329 e. The molecule has 2 heterocycles. The molecule has 108 valence electrons. The van der Waals surface area contributed by atoms with Gasteiger partial charge in [-0.2, -0.15) is 0 Å². The van der Waals surface area contributed by atoms with Crippen LogP contribution in [0.25, 0.3) is 0 Å². The molecule has 0 amide bonds. The van der Waals surface area contributed by atoms with Gasteiger partial charge in [-0.05, 0) is 61.6 Å². The van der Waals surface area contributed by atoms with Crippen molar-refractivity contribution in [2.24, 2.45) is 17.6 Å². The first-order valence-corrected chi connectivity index (χ1v) is 8.77. The molecule has 0 aromatic heterocycles. The molecule has 2 N–H and O–H groups in total. The van der Waals surface area contributed by atoms with Crippen molar-refractivity contribution in [1.29, 1.82) is 0 Å². The second-order valence-corrected chi connectivity index (χ2v) is 7.88. The lowest BCUT2D eigenvalue weighted by Gasteiger charge is -2.58. The summed E-state index contributed by atoms with van der Waals surface area (Å²) in [4.78, 5) is 2.79. The monoisotopic (exact) mass is 334 g/mol. The first-order valence-electron chi connectivity index (χ1n) is 7.97. The van der Waals surface area contributed by atoms with Crippen molar-refractivity contribution in [2.75, 3.05) is 6.54 Å². The van der Waals surface area contributed by atoms with E-state index >= 15 is 0 Å². The topological polar surface area (TPSA) is 29.3 Å². The van der Waals surface area contributed by atoms with Crippen LogP contribution in [-0.2, 0) is 0 Å². The van der Waals surface area contributed by atoms with Gasteiger partial charge in [0.2, 0.25) is 0 Å². The van der Waals surface area contributed by atoms with E-state index in [1.165, 1.54) is 37.7 Å². The zero-order valence-electron chi connectivity index (χ0n) is 11.8. The summed E-state index contributed by atoms with van der Waals surface area (Å²) in [7, 11) is 0. The van der Waals surface area contributed by atoms with Gasteiger partial charge in [-0.3, -0.25) is 4.90 Å². The predicted octanol–water partition coefficient (Wildman–Crippen LogP) is 3.71. The fourth-order valence-corrected chi connectivity index (χ4v) is 5.45. The molecule has 2 saturated carbocycles. The number of hydrogen-bond acceptors (Lipinski definition) is 2. The Morgan fingerprint density at radius 3 is 2.05 bits per heavy atom. The standard InChI is InChI=1S/C17H23BrN2/c18-14-3-1-13(2-4-14)17(10-19)20-15-6-11-5-12(8-15)9-16(20)7-11/h1-4,11-12,15-17H,5-10,19H2. The number of benzene rings is 1. The molecule has 4 bridgehead atoms. The molecular formula is C17H23BrN2. The second-order valence-electron chi connectivity index (χ2n) is 6.97. The van der Waals surface area contributed by atoms with E-state index in [2.05, 4.69) is 45.1 Å². The molecule has 4 fully saturated rings. The van der Waals surface area contributed by atoms with Gasteiger partial charge in [-0.1, -0.05) is 28.1 Å². The van der Waals surface area contributed by atoms with Crippen LogP contribution in [0, 0.1) is 11.8 Å². The van der Waals surface area contributed by atoms with E-state index in [1.54, 1.807) is 0 Å². The van der Waals surface area contributed by atoms with Gasteiger partial charge in [-0.15, -0.1) is 0 Å². The number of nitrogens with zero attached hydrogens (tertiary/aromatic N) is 1. The third kappa shape index (κ3) is 2.15. The zero-order valence-corrected chi connectivity index (χ0v) is 13.4. The van der Waals surface area contributed by atoms with E-state index in [-0.39, 0.29) is 0 Å². The highest BCUT2D eigenvalue weighted by atomic mass is 79.9. The van der Waals surface area contributed by atoms with Crippen molar-refractivity contribution in [3.63, 3.8) is 0 Å². The van der Waals surface area contributed by atoms with Gasteiger partial charge in [0.25, 0.3) is 0 Å². The first kappa shape index (κ1) is 13.3. The van der Waals surface area contributed by atoms with Gasteiger partial charge in [0.15, 0.2) is 0 Å². The summed E-state index contributed by atoms with van der Waals surface area (Å²) in [5, 5.41) is 0. The molecule has 3 heteroatoms. The Hall–Kier alpha value is -0.380. The fraction of sp³-hybridized carbons (Fsp3) is 0.647. The Kier molecular flexibility index (Phi) is 3.40. The lowest BCUT2D eigenvalue weighted by atomic mass is 9.63. The highest BCUT2D eigenvalue weighted by Gasteiger charge is 2.48. The molecule has 2 aliphatic heterocycles. The van der Waals surface area contributed by atoms with E-state index in [0.29, 0.717) is 6.04 Å². The van der Waals surface area contributed by atoms with Crippen LogP contribution >= 0.6 is 15.9 Å². The Balaban J connectivity index is 1.63. The number of rotatable bonds is 3. The van der Waals surface area contributed by atoms with Crippen LogP contribution in [0.2, 0.25) is 0 Å². The van der Waals surface area contributed by atoms with Crippen molar-refractivity contribution < 1.29 is 0 Å². The SMILES string of the molecule is NCC(c1ccc(Br)cc1)N1C2CC3CC(C2)CC1C3. The van der Waals surface area contributed by atoms with Crippen LogP contribution in [0.3, 0.4) is 0 Å². The average molecular weight is 335 g/mol. The number of hydrogen-bond donors (Lipinski definition) is 1. The summed E-state index contributed by atoms with van der Waals surface area (Å²) in [5.74, 6) is 2.02. The van der Waals surface area contributed by atoms with Gasteiger partial charge >= 0.3 is 0 Å². The molecular weight excluding hydrogens is 312 g/mol. The normalized spacial score (nSPS) is 37.3. The van der Waals surface area contributed by atoms with Crippen LogP contribution in [0.1, 0.15) is 43.7 Å². The minimum atomic E-state index is 0.415. The minimum Gasteiger partial charge on any atom is -0.329 e. The van der Waals surface area contributed by atoms with Crippen LogP contribution in [0.4, 0.5) is 0 Å². The van der Waals surface area contributed by atoms with Gasteiger partial charge < -0.3 is 5.73 Å². The number of halogens is 1. The van der Waals surface area contributed by atoms with Gasteiger partial charge in [0, 0.05) is 29.1 Å². The van der Waals surface area contributed by atoms with Gasteiger partial charge in [0.1, 0.15) is 0 Å². The van der Waals surface area contributed by atoms with Crippen molar-refractivity contribution in [1.82, 2.24) is 4.90 Å². The van der Waals surface area contributed by atoms with E-state index in [4.69, 9.17) is 5.73 Å². The summed E-state index contributed by atoms with van der Waals surface area (Å²) in [5.41, 5.74) is 7.56. The van der Waals surface area contributed by atoms with Crippen LogP contribution in [0.5, 0.6) is 0 Å². The maximum absolute atomic E-state index is 6.17. The lowest BCUT2D eigenvalue weighted by molar-refractivity contribution is -0.0814.